The van der Waals surface area contributed by atoms with Gasteiger partial charge in [0, 0.05) is 12.4 Å². The summed E-state index contributed by atoms with van der Waals surface area (Å²) in [6.07, 6.45) is 5.26. The molecule has 0 atom stereocenters. The molecule has 0 N–H and O–H groups in total. The molecule has 0 aliphatic carbocycles. The molecule has 1 aromatic carbocycles. The van der Waals surface area contributed by atoms with Crippen LogP contribution in [0.1, 0.15) is 16.7 Å². The summed E-state index contributed by atoms with van der Waals surface area (Å²) in [6.45, 7) is 4.02. The number of thioether (sulfide) groups is 1. The first-order valence-corrected chi connectivity index (χ1v) is 8.04. The van der Waals surface area contributed by atoms with Gasteiger partial charge in [-0.1, -0.05) is 47.7 Å². The van der Waals surface area contributed by atoms with Crippen molar-refractivity contribution in [1.82, 2.24) is 4.98 Å². The van der Waals surface area contributed by atoms with Gasteiger partial charge in [0.05, 0.1) is 10.6 Å². The Morgan fingerprint density at radius 3 is 2.77 bits per heavy atom. The molecule has 1 saturated heterocycles. The highest BCUT2D eigenvalue weighted by Gasteiger charge is 2.33. The van der Waals surface area contributed by atoms with Gasteiger partial charge in [-0.15, -0.1) is 0 Å². The third kappa shape index (κ3) is 2.82. The molecule has 0 bridgehead atoms. The number of aromatic nitrogens is 1. The largest absolute Gasteiger partial charge is 0.270 e. The Bertz CT molecular complexity index is 785. The molecule has 0 unspecified atom stereocenters. The molecular formula is C17H14N2OS2. The maximum absolute atomic E-state index is 12.7. The van der Waals surface area contributed by atoms with Crippen molar-refractivity contribution < 1.29 is 4.79 Å². The molecule has 0 saturated carbocycles. The number of nitrogens with zero attached hydrogens (tertiary/aromatic N) is 2. The average Bonchev–Trinajstić information content (AvgIpc) is 2.75. The highest BCUT2D eigenvalue weighted by Crippen LogP contribution is 2.37. The number of carbonyl (C=O) groups is 1. The van der Waals surface area contributed by atoms with E-state index < -0.39 is 0 Å². The minimum Gasteiger partial charge on any atom is -0.268 e. The zero-order chi connectivity index (χ0) is 15.7. The minimum absolute atomic E-state index is 0.0780. The molecule has 0 radical (unpaired) electrons. The molecule has 5 heteroatoms. The van der Waals surface area contributed by atoms with Crippen molar-refractivity contribution in [1.29, 1.82) is 0 Å². The van der Waals surface area contributed by atoms with Gasteiger partial charge < -0.3 is 0 Å². The zero-order valence-corrected chi connectivity index (χ0v) is 13.9. The maximum atomic E-state index is 12.7. The molecule has 0 spiro atoms. The Kier molecular flexibility index (Phi) is 4.09. The van der Waals surface area contributed by atoms with Gasteiger partial charge in [-0.2, -0.15) is 0 Å². The highest BCUT2D eigenvalue weighted by atomic mass is 32.2. The zero-order valence-electron chi connectivity index (χ0n) is 12.2. The number of aryl methyl sites for hydroxylation is 2. The van der Waals surface area contributed by atoms with E-state index in [1.54, 1.807) is 17.3 Å². The number of thiocarbonyl (C=S) groups is 1. The molecule has 2 heterocycles. The lowest BCUT2D eigenvalue weighted by Gasteiger charge is -2.17. The number of rotatable bonds is 2. The van der Waals surface area contributed by atoms with Crippen LogP contribution >= 0.6 is 24.0 Å². The lowest BCUT2D eigenvalue weighted by molar-refractivity contribution is -0.113. The first-order valence-electron chi connectivity index (χ1n) is 6.81. The quantitative estimate of drug-likeness (QED) is 0.614. The van der Waals surface area contributed by atoms with Crippen LogP contribution < -0.4 is 4.90 Å². The van der Waals surface area contributed by atoms with Gasteiger partial charge in [0.1, 0.15) is 0 Å². The van der Waals surface area contributed by atoms with E-state index in [0.717, 1.165) is 22.4 Å². The van der Waals surface area contributed by atoms with Crippen molar-refractivity contribution in [3.8, 4) is 0 Å². The van der Waals surface area contributed by atoms with Crippen LogP contribution in [-0.2, 0) is 4.79 Å². The standard InChI is InChI=1S/C17H14N2OS2/c1-11-5-6-14(12(2)8-11)19-16(20)15(22-17(19)21)9-13-4-3-7-18-10-13/h3-10H,1-2H3. The van der Waals surface area contributed by atoms with E-state index in [0.29, 0.717) is 9.23 Å². The molecule has 3 nitrogen and oxygen atoms in total. The van der Waals surface area contributed by atoms with Crippen molar-refractivity contribution in [3.05, 3.63) is 64.3 Å². The van der Waals surface area contributed by atoms with Crippen LogP contribution in [0.4, 0.5) is 5.69 Å². The van der Waals surface area contributed by atoms with Gasteiger partial charge in [-0.3, -0.25) is 14.7 Å². The minimum atomic E-state index is -0.0780. The number of amides is 1. The Morgan fingerprint density at radius 2 is 2.09 bits per heavy atom. The molecule has 3 rings (SSSR count). The van der Waals surface area contributed by atoms with Crippen LogP contribution in [0.15, 0.2) is 47.6 Å². The molecule has 110 valence electrons. The second kappa shape index (κ2) is 6.02. The highest BCUT2D eigenvalue weighted by molar-refractivity contribution is 8.27. The summed E-state index contributed by atoms with van der Waals surface area (Å²) in [5.74, 6) is -0.0780. The van der Waals surface area contributed by atoms with Gasteiger partial charge in [-0.05, 0) is 43.2 Å². The van der Waals surface area contributed by atoms with Crippen molar-refractivity contribution in [2.75, 3.05) is 4.90 Å². The van der Waals surface area contributed by atoms with Crippen LogP contribution in [0, 0.1) is 13.8 Å². The second-order valence-electron chi connectivity index (χ2n) is 5.09. The summed E-state index contributed by atoms with van der Waals surface area (Å²) in [4.78, 5) is 19.0. The molecule has 1 fully saturated rings. The van der Waals surface area contributed by atoms with Crippen LogP contribution in [0.3, 0.4) is 0 Å². The van der Waals surface area contributed by atoms with E-state index in [-0.39, 0.29) is 5.91 Å². The molecule has 1 aliphatic rings. The number of hydrogen-bond donors (Lipinski definition) is 0. The Balaban J connectivity index is 1.97. The fourth-order valence-electron chi connectivity index (χ4n) is 2.34. The SMILES string of the molecule is Cc1ccc(N2C(=O)C(=Cc3cccnc3)SC2=S)c(C)c1. The van der Waals surface area contributed by atoms with E-state index in [9.17, 15) is 4.79 Å². The predicted molar refractivity (Wildman–Crippen MR) is 95.8 cm³/mol. The second-order valence-corrected chi connectivity index (χ2v) is 6.77. The summed E-state index contributed by atoms with van der Waals surface area (Å²) in [5, 5.41) is 0. The maximum Gasteiger partial charge on any atom is 0.270 e. The number of anilines is 1. The van der Waals surface area contributed by atoms with Gasteiger partial charge in [0.25, 0.3) is 5.91 Å². The van der Waals surface area contributed by atoms with Crippen molar-refractivity contribution in [3.63, 3.8) is 0 Å². The van der Waals surface area contributed by atoms with Crippen LogP contribution in [-0.4, -0.2) is 15.2 Å². The molecule has 1 aromatic heterocycles. The van der Waals surface area contributed by atoms with Crippen molar-refractivity contribution in [2.45, 2.75) is 13.8 Å². The monoisotopic (exact) mass is 326 g/mol. The van der Waals surface area contributed by atoms with Crippen LogP contribution in [0.2, 0.25) is 0 Å². The summed E-state index contributed by atoms with van der Waals surface area (Å²) in [7, 11) is 0. The van der Waals surface area contributed by atoms with Gasteiger partial charge in [0.2, 0.25) is 0 Å². The topological polar surface area (TPSA) is 33.2 Å². The predicted octanol–water partition coefficient (Wildman–Crippen LogP) is 4.10. The number of pyridine rings is 1. The molecule has 1 amide bonds. The normalized spacial score (nSPS) is 16.6. The number of benzene rings is 1. The summed E-state index contributed by atoms with van der Waals surface area (Å²) in [6, 6.07) is 9.75. The summed E-state index contributed by atoms with van der Waals surface area (Å²) in [5.41, 5.74) is 3.95. The third-order valence-corrected chi connectivity index (χ3v) is 4.67. The fourth-order valence-corrected chi connectivity index (χ4v) is 3.63. The molecule has 1 aliphatic heterocycles. The number of carbonyl (C=O) groups excluding carboxylic acids is 1. The Morgan fingerprint density at radius 1 is 1.27 bits per heavy atom. The van der Waals surface area contributed by atoms with E-state index in [1.807, 2.05) is 44.2 Å². The molecular weight excluding hydrogens is 312 g/mol. The first kappa shape index (κ1) is 14.9. The number of hydrogen-bond acceptors (Lipinski definition) is 4. The fraction of sp³-hybridized carbons (Fsp3) is 0.118. The van der Waals surface area contributed by atoms with Gasteiger partial charge >= 0.3 is 0 Å². The average molecular weight is 326 g/mol. The van der Waals surface area contributed by atoms with Crippen LogP contribution in [0.5, 0.6) is 0 Å². The van der Waals surface area contributed by atoms with Gasteiger partial charge in [0.15, 0.2) is 4.32 Å². The van der Waals surface area contributed by atoms with E-state index >= 15 is 0 Å². The van der Waals surface area contributed by atoms with E-state index in [2.05, 4.69) is 11.1 Å². The van der Waals surface area contributed by atoms with Crippen molar-refractivity contribution in [2.24, 2.45) is 0 Å². The smallest absolute Gasteiger partial charge is 0.268 e. The lowest BCUT2D eigenvalue weighted by atomic mass is 10.1. The molecule has 22 heavy (non-hydrogen) atoms. The third-order valence-electron chi connectivity index (χ3n) is 3.37. The van der Waals surface area contributed by atoms with E-state index in [4.69, 9.17) is 12.2 Å². The Labute approximate surface area is 139 Å². The van der Waals surface area contributed by atoms with Gasteiger partial charge in [-0.25, -0.2) is 0 Å². The summed E-state index contributed by atoms with van der Waals surface area (Å²) >= 11 is 6.72. The first-order chi connectivity index (χ1) is 10.6. The molecule has 2 aromatic rings. The van der Waals surface area contributed by atoms with Crippen molar-refractivity contribution >= 4 is 46.0 Å². The Hall–Kier alpha value is -1.98. The van der Waals surface area contributed by atoms with Crippen LogP contribution in [0.25, 0.3) is 6.08 Å². The summed E-state index contributed by atoms with van der Waals surface area (Å²) < 4.78 is 0.562. The van der Waals surface area contributed by atoms with E-state index in [1.165, 1.54) is 11.8 Å². The lowest BCUT2D eigenvalue weighted by Crippen LogP contribution is -2.28.